The van der Waals surface area contributed by atoms with Crippen molar-refractivity contribution >= 4 is 27.6 Å². The van der Waals surface area contributed by atoms with Crippen LogP contribution < -0.4 is 0 Å². The zero-order chi connectivity index (χ0) is 18.7. The van der Waals surface area contributed by atoms with Gasteiger partial charge in [-0.2, -0.15) is 0 Å². The van der Waals surface area contributed by atoms with Crippen LogP contribution in [0.3, 0.4) is 0 Å². The Bertz CT molecular complexity index is 963. The van der Waals surface area contributed by atoms with E-state index in [-0.39, 0.29) is 0 Å². The number of aliphatic hydroxyl groups excluding tert-OH is 1. The predicted molar refractivity (Wildman–Crippen MR) is 102 cm³/mol. The Morgan fingerprint density at radius 3 is 2.58 bits per heavy atom. The van der Waals surface area contributed by atoms with E-state index in [2.05, 4.69) is 25.9 Å². The van der Waals surface area contributed by atoms with Crippen molar-refractivity contribution in [3.63, 3.8) is 0 Å². The maximum Gasteiger partial charge on any atom is 0.300 e. The number of nitrogens with zero attached hydrogens (tertiary/aromatic N) is 3. The van der Waals surface area contributed by atoms with Crippen LogP contribution in [0.2, 0.25) is 0 Å². The molecule has 1 aromatic heterocycles. The highest BCUT2D eigenvalue weighted by molar-refractivity contribution is 9.10. The Morgan fingerprint density at radius 1 is 1.19 bits per heavy atom. The fourth-order valence-electron chi connectivity index (χ4n) is 2.69. The number of halogens is 1. The lowest BCUT2D eigenvalue weighted by atomic mass is 10.0. The second-order valence-electron chi connectivity index (χ2n) is 5.55. The topological polar surface area (TPSA) is 87.7 Å². The van der Waals surface area contributed by atoms with Crippen molar-refractivity contribution in [1.29, 1.82) is 0 Å². The first-order valence-corrected chi connectivity index (χ1v) is 8.61. The van der Waals surface area contributed by atoms with Crippen molar-refractivity contribution in [2.75, 3.05) is 0 Å². The average Bonchev–Trinajstić information content (AvgIpc) is 3.05. The number of carboxylic acid groups (broad SMARTS) is 1. The summed E-state index contributed by atoms with van der Waals surface area (Å²) in [5, 5.41) is 17.8. The number of rotatable bonds is 1. The third-order valence-electron chi connectivity index (χ3n) is 3.67. The molecule has 3 aromatic rings. The highest BCUT2D eigenvalue weighted by Gasteiger charge is 2.24. The van der Waals surface area contributed by atoms with Gasteiger partial charge in [0.1, 0.15) is 0 Å². The Balaban J connectivity index is 0.000000447. The van der Waals surface area contributed by atoms with E-state index in [1.807, 2.05) is 59.3 Å². The normalized spacial score (nSPS) is 14.9. The van der Waals surface area contributed by atoms with Gasteiger partial charge in [0.05, 0.1) is 11.4 Å². The first kappa shape index (κ1) is 18.0. The molecule has 132 valence electrons. The van der Waals surface area contributed by atoms with E-state index < -0.39 is 12.2 Å². The van der Waals surface area contributed by atoms with E-state index in [1.54, 1.807) is 6.20 Å². The molecule has 0 bridgehead atoms. The molecule has 1 aliphatic rings. The lowest BCUT2D eigenvalue weighted by molar-refractivity contribution is -0.134. The Hall–Kier alpha value is -2.77. The second kappa shape index (κ2) is 7.63. The molecule has 0 spiro atoms. The number of fused-ring (bicyclic) bond motifs is 3. The molecule has 2 heterocycles. The molecular weight excluding hydrogens is 398 g/mol. The van der Waals surface area contributed by atoms with Crippen molar-refractivity contribution in [2.24, 2.45) is 4.99 Å². The van der Waals surface area contributed by atoms with Crippen molar-refractivity contribution in [2.45, 2.75) is 13.2 Å². The summed E-state index contributed by atoms with van der Waals surface area (Å²) >= 11 is 3.52. The molecule has 1 atom stereocenters. The van der Waals surface area contributed by atoms with Crippen molar-refractivity contribution in [3.05, 3.63) is 82.3 Å². The van der Waals surface area contributed by atoms with Crippen LogP contribution >= 0.6 is 15.9 Å². The minimum atomic E-state index is -0.989. The summed E-state index contributed by atoms with van der Waals surface area (Å²) in [6, 6.07) is 15.9. The van der Waals surface area contributed by atoms with Crippen molar-refractivity contribution in [3.8, 4) is 5.69 Å². The molecular formula is C19H16BrN3O3. The third kappa shape index (κ3) is 3.74. The number of carbonyl (C=O) groups is 1. The third-order valence-corrected chi connectivity index (χ3v) is 4.17. The lowest BCUT2D eigenvalue weighted by Gasteiger charge is -2.12. The molecule has 0 fully saturated rings. The van der Waals surface area contributed by atoms with Crippen molar-refractivity contribution < 1.29 is 15.0 Å². The van der Waals surface area contributed by atoms with Gasteiger partial charge in [-0.1, -0.05) is 46.3 Å². The minimum absolute atomic E-state index is 0.523. The summed E-state index contributed by atoms with van der Waals surface area (Å²) in [6.07, 6.45) is 2.53. The average molecular weight is 414 g/mol. The summed E-state index contributed by atoms with van der Waals surface area (Å²) in [4.78, 5) is 17.8. The zero-order valence-electron chi connectivity index (χ0n) is 13.9. The molecule has 7 heteroatoms. The smallest absolute Gasteiger partial charge is 0.300 e. The van der Waals surface area contributed by atoms with E-state index in [4.69, 9.17) is 9.90 Å². The predicted octanol–water partition coefficient (Wildman–Crippen LogP) is 3.57. The summed E-state index contributed by atoms with van der Waals surface area (Å²) in [5.41, 5.74) is 3.63. The summed E-state index contributed by atoms with van der Waals surface area (Å²) in [5.74, 6) is -0.311. The molecule has 1 aliphatic heterocycles. The number of aromatic nitrogens is 2. The largest absolute Gasteiger partial charge is 0.481 e. The first-order valence-electron chi connectivity index (χ1n) is 7.81. The van der Waals surface area contributed by atoms with Crippen molar-refractivity contribution in [1.82, 2.24) is 9.55 Å². The van der Waals surface area contributed by atoms with Gasteiger partial charge in [0, 0.05) is 34.9 Å². The molecule has 0 saturated carbocycles. The van der Waals surface area contributed by atoms with Crippen LogP contribution in [0.1, 0.15) is 30.1 Å². The van der Waals surface area contributed by atoms with Gasteiger partial charge < -0.3 is 10.2 Å². The highest BCUT2D eigenvalue weighted by Crippen LogP contribution is 2.30. The van der Waals surface area contributed by atoms with E-state index in [9.17, 15) is 5.11 Å². The van der Waals surface area contributed by atoms with Crippen LogP contribution in [0.25, 0.3) is 5.69 Å². The van der Waals surface area contributed by atoms with E-state index in [0.29, 0.717) is 5.82 Å². The molecule has 4 rings (SSSR count). The zero-order valence-corrected chi connectivity index (χ0v) is 15.5. The Morgan fingerprint density at radius 2 is 1.88 bits per heavy atom. The molecule has 1 unspecified atom stereocenters. The van der Waals surface area contributed by atoms with Crippen LogP contribution in [0.15, 0.2) is 70.4 Å². The maximum atomic E-state index is 10.4. The van der Waals surface area contributed by atoms with Gasteiger partial charge in [-0.15, -0.1) is 0 Å². The molecule has 2 N–H and O–H groups in total. The van der Waals surface area contributed by atoms with Gasteiger partial charge in [-0.3, -0.25) is 9.36 Å². The summed E-state index contributed by atoms with van der Waals surface area (Å²) in [7, 11) is 0. The highest BCUT2D eigenvalue weighted by atomic mass is 79.9. The lowest BCUT2D eigenvalue weighted by Crippen LogP contribution is -2.06. The molecule has 26 heavy (non-hydrogen) atoms. The standard InChI is InChI=1S/C17H12BrN3O.C2H4O2/c18-12-6-7-14-13(10-12)15(11-4-2-1-3-5-11)20-17(22)16-19-8-9-21(14)16;1-2(3)4/h1-10,17,22H;1H3,(H,3,4). The number of aliphatic imine (C=N–C) groups is 1. The van der Waals surface area contributed by atoms with Crippen LogP contribution in [0.5, 0.6) is 0 Å². The second-order valence-corrected chi connectivity index (χ2v) is 6.47. The van der Waals surface area contributed by atoms with Gasteiger partial charge in [-0.05, 0) is 18.2 Å². The van der Waals surface area contributed by atoms with Gasteiger partial charge in [0.15, 0.2) is 5.82 Å². The fourth-order valence-corrected chi connectivity index (χ4v) is 3.05. The number of aliphatic hydroxyl groups is 1. The van der Waals surface area contributed by atoms with Gasteiger partial charge >= 0.3 is 0 Å². The molecule has 6 nitrogen and oxygen atoms in total. The van der Waals surface area contributed by atoms with Gasteiger partial charge in [-0.25, -0.2) is 9.98 Å². The van der Waals surface area contributed by atoms with Gasteiger partial charge in [0.2, 0.25) is 6.23 Å². The number of benzene rings is 2. The number of aliphatic carboxylic acids is 1. The SMILES string of the molecule is CC(=O)O.OC1N=C(c2ccccc2)c2cc(Br)ccc2-n2ccnc21. The number of hydrogen-bond donors (Lipinski definition) is 2. The quantitative estimate of drug-likeness (QED) is 0.638. The van der Waals surface area contributed by atoms with Crippen LogP contribution in [-0.4, -0.2) is 31.4 Å². The van der Waals surface area contributed by atoms with Crippen LogP contribution in [-0.2, 0) is 4.79 Å². The van der Waals surface area contributed by atoms with Gasteiger partial charge in [0.25, 0.3) is 5.97 Å². The minimum Gasteiger partial charge on any atom is -0.481 e. The molecule has 2 aromatic carbocycles. The van der Waals surface area contributed by atoms with E-state index in [1.165, 1.54) is 0 Å². The molecule has 0 aliphatic carbocycles. The van der Waals surface area contributed by atoms with E-state index in [0.717, 1.165) is 33.9 Å². The van der Waals surface area contributed by atoms with Crippen LogP contribution in [0.4, 0.5) is 0 Å². The summed E-state index contributed by atoms with van der Waals surface area (Å²) in [6.45, 7) is 1.08. The molecule has 0 radical (unpaired) electrons. The molecule has 0 saturated heterocycles. The number of carboxylic acids is 1. The summed E-state index contributed by atoms with van der Waals surface area (Å²) < 4.78 is 2.85. The molecule has 0 amide bonds. The monoisotopic (exact) mass is 413 g/mol. The van der Waals surface area contributed by atoms with E-state index >= 15 is 0 Å². The fraction of sp³-hybridized carbons (Fsp3) is 0.105. The first-order chi connectivity index (χ1) is 12.5. The Kier molecular flexibility index (Phi) is 5.29. The Labute approximate surface area is 158 Å². The maximum absolute atomic E-state index is 10.4. The number of hydrogen-bond acceptors (Lipinski definition) is 4. The number of imidazole rings is 1. The van der Waals surface area contributed by atoms with Crippen LogP contribution in [0, 0.1) is 0 Å².